The Hall–Kier alpha value is -1.06. The van der Waals surface area contributed by atoms with E-state index in [0.29, 0.717) is 29.6 Å². The van der Waals surface area contributed by atoms with Crippen LogP contribution < -0.4 is 0 Å². The van der Waals surface area contributed by atoms with E-state index in [1.54, 1.807) is 6.07 Å². The summed E-state index contributed by atoms with van der Waals surface area (Å²) in [5.41, 5.74) is 1.63. The predicted octanol–water partition coefficient (Wildman–Crippen LogP) is 2.49. The number of hydrogen-bond acceptors (Lipinski definition) is 2. The van der Waals surface area contributed by atoms with E-state index in [1.807, 2.05) is 24.0 Å². The number of carbonyl (C=O) groups is 1. The third kappa shape index (κ3) is 2.85. The summed E-state index contributed by atoms with van der Waals surface area (Å²) in [6.07, 6.45) is 1.73. The van der Waals surface area contributed by atoms with Crippen LogP contribution in [0.2, 0.25) is 5.02 Å². The second kappa shape index (κ2) is 5.72. The highest BCUT2D eigenvalue weighted by Gasteiger charge is 2.24. The first kappa shape index (κ1) is 13.4. The van der Waals surface area contributed by atoms with Gasteiger partial charge in [-0.15, -0.1) is 0 Å². The van der Waals surface area contributed by atoms with Crippen LogP contribution in [0.25, 0.3) is 0 Å². The standard InChI is InChI=1S/C14H18ClNO2/c1-10-2-3-12(13(15)8-10)14(18)16-6-4-11(9-17)5-7-16/h2-3,8,11,17H,4-7,9H2,1H3. The van der Waals surface area contributed by atoms with Crippen LogP contribution >= 0.6 is 11.6 Å². The van der Waals surface area contributed by atoms with Gasteiger partial charge in [0.2, 0.25) is 0 Å². The van der Waals surface area contributed by atoms with Crippen molar-refractivity contribution in [3.63, 3.8) is 0 Å². The van der Waals surface area contributed by atoms with Gasteiger partial charge in [-0.05, 0) is 43.4 Å². The summed E-state index contributed by atoms with van der Waals surface area (Å²) in [7, 11) is 0. The number of aliphatic hydroxyl groups excluding tert-OH is 1. The molecule has 4 heteroatoms. The fraction of sp³-hybridized carbons (Fsp3) is 0.500. The first-order valence-electron chi connectivity index (χ1n) is 6.28. The minimum absolute atomic E-state index is 0.00334. The zero-order chi connectivity index (χ0) is 13.1. The van der Waals surface area contributed by atoms with Gasteiger partial charge in [0.25, 0.3) is 5.91 Å². The summed E-state index contributed by atoms with van der Waals surface area (Å²) in [5, 5.41) is 9.60. The average Bonchev–Trinajstić information content (AvgIpc) is 2.38. The number of rotatable bonds is 2. The molecule has 1 aromatic rings. The molecule has 1 N–H and O–H groups in total. The Morgan fingerprint density at radius 2 is 2.11 bits per heavy atom. The number of aliphatic hydroxyl groups is 1. The molecule has 1 heterocycles. The molecule has 0 radical (unpaired) electrons. The fourth-order valence-electron chi connectivity index (χ4n) is 2.28. The van der Waals surface area contributed by atoms with Crippen molar-refractivity contribution in [3.05, 3.63) is 34.3 Å². The van der Waals surface area contributed by atoms with E-state index >= 15 is 0 Å². The van der Waals surface area contributed by atoms with Gasteiger partial charge >= 0.3 is 0 Å². The van der Waals surface area contributed by atoms with Crippen molar-refractivity contribution < 1.29 is 9.90 Å². The normalized spacial score (nSPS) is 16.9. The van der Waals surface area contributed by atoms with Crippen LogP contribution in [0.3, 0.4) is 0 Å². The molecule has 0 saturated carbocycles. The average molecular weight is 268 g/mol. The molecule has 1 aliphatic heterocycles. The van der Waals surface area contributed by atoms with Gasteiger partial charge in [0.05, 0.1) is 10.6 Å². The molecule has 0 atom stereocenters. The van der Waals surface area contributed by atoms with Gasteiger partial charge in [0.15, 0.2) is 0 Å². The quantitative estimate of drug-likeness (QED) is 0.894. The van der Waals surface area contributed by atoms with Crippen LogP contribution in [-0.4, -0.2) is 35.6 Å². The van der Waals surface area contributed by atoms with E-state index in [9.17, 15) is 4.79 Å². The molecule has 2 rings (SSSR count). The van der Waals surface area contributed by atoms with Crippen molar-refractivity contribution in [1.82, 2.24) is 4.90 Å². The van der Waals surface area contributed by atoms with Crippen molar-refractivity contribution in [1.29, 1.82) is 0 Å². The molecule has 1 aliphatic rings. The molecule has 98 valence electrons. The van der Waals surface area contributed by atoms with Gasteiger partial charge in [-0.25, -0.2) is 0 Å². The van der Waals surface area contributed by atoms with Crippen LogP contribution in [0.15, 0.2) is 18.2 Å². The minimum Gasteiger partial charge on any atom is -0.396 e. The highest BCUT2D eigenvalue weighted by Crippen LogP contribution is 2.23. The predicted molar refractivity (Wildman–Crippen MR) is 71.9 cm³/mol. The molecule has 0 aromatic heterocycles. The van der Waals surface area contributed by atoms with Crippen molar-refractivity contribution in [2.45, 2.75) is 19.8 Å². The Morgan fingerprint density at radius 1 is 1.44 bits per heavy atom. The molecule has 0 spiro atoms. The molecular weight excluding hydrogens is 250 g/mol. The van der Waals surface area contributed by atoms with Crippen molar-refractivity contribution >= 4 is 17.5 Å². The molecule has 0 bridgehead atoms. The Kier molecular flexibility index (Phi) is 4.25. The lowest BCUT2D eigenvalue weighted by molar-refractivity contribution is 0.0651. The van der Waals surface area contributed by atoms with Crippen molar-refractivity contribution in [3.8, 4) is 0 Å². The van der Waals surface area contributed by atoms with Crippen LogP contribution in [0.1, 0.15) is 28.8 Å². The highest BCUT2D eigenvalue weighted by molar-refractivity contribution is 6.33. The van der Waals surface area contributed by atoms with Crippen LogP contribution in [-0.2, 0) is 0 Å². The van der Waals surface area contributed by atoms with Gasteiger partial charge in [-0.1, -0.05) is 17.7 Å². The van der Waals surface area contributed by atoms with Gasteiger partial charge in [0.1, 0.15) is 0 Å². The minimum atomic E-state index is -0.00334. The number of piperidine rings is 1. The largest absolute Gasteiger partial charge is 0.396 e. The second-order valence-corrected chi connectivity index (χ2v) is 5.31. The summed E-state index contributed by atoms with van der Waals surface area (Å²) in [5.74, 6) is 0.332. The summed E-state index contributed by atoms with van der Waals surface area (Å²) in [4.78, 5) is 14.1. The molecule has 3 nitrogen and oxygen atoms in total. The summed E-state index contributed by atoms with van der Waals surface area (Å²) in [6.45, 7) is 3.57. The maximum Gasteiger partial charge on any atom is 0.255 e. The third-order valence-electron chi connectivity index (χ3n) is 3.51. The van der Waals surface area contributed by atoms with Crippen molar-refractivity contribution in [2.24, 2.45) is 5.92 Å². The van der Waals surface area contributed by atoms with Gasteiger partial charge in [-0.2, -0.15) is 0 Å². The number of hydrogen-bond donors (Lipinski definition) is 1. The monoisotopic (exact) mass is 267 g/mol. The Labute approximate surface area is 112 Å². The number of amides is 1. The van der Waals surface area contributed by atoms with Gasteiger partial charge in [-0.3, -0.25) is 4.79 Å². The molecule has 18 heavy (non-hydrogen) atoms. The van der Waals surface area contributed by atoms with E-state index in [1.165, 1.54) is 0 Å². The number of carbonyl (C=O) groups excluding carboxylic acids is 1. The molecule has 1 amide bonds. The zero-order valence-electron chi connectivity index (χ0n) is 10.5. The zero-order valence-corrected chi connectivity index (χ0v) is 11.3. The first-order valence-corrected chi connectivity index (χ1v) is 6.66. The van der Waals surface area contributed by atoms with E-state index in [-0.39, 0.29) is 12.5 Å². The lowest BCUT2D eigenvalue weighted by atomic mass is 9.97. The number of likely N-dealkylation sites (tertiary alicyclic amines) is 1. The number of aryl methyl sites for hydroxylation is 1. The maximum atomic E-state index is 12.3. The van der Waals surface area contributed by atoms with Crippen molar-refractivity contribution in [2.75, 3.05) is 19.7 Å². The second-order valence-electron chi connectivity index (χ2n) is 4.90. The van der Waals surface area contributed by atoms with Gasteiger partial charge < -0.3 is 10.0 Å². The third-order valence-corrected chi connectivity index (χ3v) is 3.83. The summed E-state index contributed by atoms with van der Waals surface area (Å²) < 4.78 is 0. The summed E-state index contributed by atoms with van der Waals surface area (Å²) >= 11 is 6.11. The van der Waals surface area contributed by atoms with Gasteiger partial charge in [0, 0.05) is 19.7 Å². The lowest BCUT2D eigenvalue weighted by Gasteiger charge is -2.31. The SMILES string of the molecule is Cc1ccc(C(=O)N2CCC(CO)CC2)c(Cl)c1. The first-order chi connectivity index (χ1) is 8.61. The maximum absolute atomic E-state index is 12.3. The van der Waals surface area contributed by atoms with E-state index in [4.69, 9.17) is 16.7 Å². The Balaban J connectivity index is 2.08. The summed E-state index contributed by atoms with van der Waals surface area (Å²) in [6, 6.07) is 5.51. The van der Waals surface area contributed by atoms with Crippen LogP contribution in [0.5, 0.6) is 0 Å². The van der Waals surface area contributed by atoms with E-state index < -0.39 is 0 Å². The Bertz CT molecular complexity index is 439. The highest BCUT2D eigenvalue weighted by atomic mass is 35.5. The molecular formula is C14H18ClNO2. The van der Waals surface area contributed by atoms with Crippen LogP contribution in [0.4, 0.5) is 0 Å². The molecule has 0 unspecified atom stereocenters. The number of nitrogens with zero attached hydrogens (tertiary/aromatic N) is 1. The van der Waals surface area contributed by atoms with E-state index in [0.717, 1.165) is 18.4 Å². The number of benzene rings is 1. The molecule has 1 saturated heterocycles. The molecule has 1 fully saturated rings. The smallest absolute Gasteiger partial charge is 0.255 e. The van der Waals surface area contributed by atoms with Crippen LogP contribution in [0, 0.1) is 12.8 Å². The molecule has 1 aromatic carbocycles. The lowest BCUT2D eigenvalue weighted by Crippen LogP contribution is -2.39. The Morgan fingerprint density at radius 3 is 2.67 bits per heavy atom. The van der Waals surface area contributed by atoms with E-state index in [2.05, 4.69) is 0 Å². The topological polar surface area (TPSA) is 40.5 Å². The number of halogens is 1. The molecule has 0 aliphatic carbocycles. The fourth-order valence-corrected chi connectivity index (χ4v) is 2.60.